The van der Waals surface area contributed by atoms with Crippen molar-refractivity contribution in [2.75, 3.05) is 26.2 Å². The van der Waals surface area contributed by atoms with Gasteiger partial charge in [-0.15, -0.1) is 0 Å². The number of likely N-dealkylation sites (tertiary alicyclic amines) is 2. The van der Waals surface area contributed by atoms with Gasteiger partial charge in [0.15, 0.2) is 6.04 Å². The van der Waals surface area contributed by atoms with Crippen LogP contribution < -0.4 is 0 Å². The minimum absolute atomic E-state index is 0.0279. The maximum Gasteiger partial charge on any atom is 0.410 e. The van der Waals surface area contributed by atoms with Crippen LogP contribution in [0.25, 0.3) is 0 Å². The van der Waals surface area contributed by atoms with E-state index in [0.29, 0.717) is 32.5 Å². The number of amides is 2. The van der Waals surface area contributed by atoms with Gasteiger partial charge >= 0.3 is 12.1 Å². The van der Waals surface area contributed by atoms with Gasteiger partial charge in [0, 0.05) is 19.6 Å². The molecule has 2 heterocycles. The molecule has 2 aliphatic heterocycles. The summed E-state index contributed by atoms with van der Waals surface area (Å²) in [6, 6.07) is 18.2. The van der Waals surface area contributed by atoms with Crippen molar-refractivity contribution in [2.45, 2.75) is 58.5 Å². The lowest BCUT2D eigenvalue weighted by atomic mass is 9.71. The first kappa shape index (κ1) is 26.7. The third kappa shape index (κ3) is 6.68. The number of β-lactam (4-membered cyclic amide) rings is 1. The van der Waals surface area contributed by atoms with Gasteiger partial charge in [-0.1, -0.05) is 60.7 Å². The molecule has 2 atom stereocenters. The lowest BCUT2D eigenvalue weighted by molar-refractivity contribution is -0.182. The minimum Gasteiger partial charge on any atom is -0.459 e. The van der Waals surface area contributed by atoms with E-state index < -0.39 is 29.1 Å². The first-order chi connectivity index (χ1) is 17.7. The molecule has 8 heteroatoms. The second-order valence-electron chi connectivity index (χ2n) is 10.8. The summed E-state index contributed by atoms with van der Waals surface area (Å²) in [5.41, 5.74) is 0.533. The maximum absolute atomic E-state index is 13.5. The molecular weight excluding hydrogens is 472 g/mol. The molecule has 2 fully saturated rings. The Labute approximate surface area is 218 Å². The Kier molecular flexibility index (Phi) is 8.17. The highest BCUT2D eigenvalue weighted by Gasteiger charge is 2.57. The minimum atomic E-state index is -0.859. The molecule has 0 N–H and O–H groups in total. The Morgan fingerprint density at radius 2 is 1.57 bits per heavy atom. The quantitative estimate of drug-likeness (QED) is 0.393. The van der Waals surface area contributed by atoms with Crippen molar-refractivity contribution in [2.24, 2.45) is 5.41 Å². The zero-order valence-electron chi connectivity index (χ0n) is 21.9. The van der Waals surface area contributed by atoms with Gasteiger partial charge < -0.3 is 24.0 Å². The van der Waals surface area contributed by atoms with Gasteiger partial charge in [-0.3, -0.25) is 4.79 Å². The molecule has 0 saturated carbocycles. The van der Waals surface area contributed by atoms with E-state index in [4.69, 9.17) is 14.2 Å². The van der Waals surface area contributed by atoms with Crippen LogP contribution in [0.4, 0.5) is 4.79 Å². The van der Waals surface area contributed by atoms with E-state index in [-0.39, 0.29) is 25.7 Å². The van der Waals surface area contributed by atoms with Crippen LogP contribution in [0.15, 0.2) is 60.7 Å². The van der Waals surface area contributed by atoms with Crippen LogP contribution in [0.2, 0.25) is 0 Å². The number of benzene rings is 2. The molecule has 0 bridgehead atoms. The molecule has 2 aromatic rings. The monoisotopic (exact) mass is 508 g/mol. The molecule has 8 nitrogen and oxygen atoms in total. The highest BCUT2D eigenvalue weighted by molar-refractivity contribution is 5.94. The number of piperidine rings is 1. The van der Waals surface area contributed by atoms with E-state index in [2.05, 4.69) is 0 Å². The molecule has 37 heavy (non-hydrogen) atoms. The normalized spacial score (nSPS) is 20.4. The van der Waals surface area contributed by atoms with Crippen LogP contribution in [0.3, 0.4) is 0 Å². The summed E-state index contributed by atoms with van der Waals surface area (Å²) in [5.74, 6) is -0.648. The van der Waals surface area contributed by atoms with Crippen LogP contribution in [-0.4, -0.2) is 65.7 Å². The molecule has 0 radical (unpaired) electrons. The third-order valence-corrected chi connectivity index (χ3v) is 6.68. The largest absolute Gasteiger partial charge is 0.459 e. The molecule has 4 rings (SSSR count). The van der Waals surface area contributed by atoms with Crippen molar-refractivity contribution in [3.05, 3.63) is 71.8 Å². The van der Waals surface area contributed by atoms with Crippen molar-refractivity contribution >= 4 is 18.0 Å². The van der Waals surface area contributed by atoms with Gasteiger partial charge in [-0.25, -0.2) is 9.59 Å². The lowest BCUT2D eigenvalue weighted by Crippen LogP contribution is -2.71. The molecule has 1 unspecified atom stereocenters. The van der Waals surface area contributed by atoms with Gasteiger partial charge in [-0.05, 0) is 44.7 Å². The van der Waals surface area contributed by atoms with Crippen molar-refractivity contribution in [3.63, 3.8) is 0 Å². The van der Waals surface area contributed by atoms with Crippen LogP contribution in [0, 0.1) is 5.41 Å². The topological polar surface area (TPSA) is 85.4 Å². The third-order valence-electron chi connectivity index (χ3n) is 6.68. The summed E-state index contributed by atoms with van der Waals surface area (Å²) in [7, 11) is 0. The molecular formula is C29H36N2O6. The summed E-state index contributed by atoms with van der Waals surface area (Å²) in [6.07, 6.45) is 0.952. The Morgan fingerprint density at radius 3 is 2.16 bits per heavy atom. The number of carbonyl (C=O) groups excluding carboxylic acids is 3. The second kappa shape index (κ2) is 11.3. The van der Waals surface area contributed by atoms with Gasteiger partial charge in [0.05, 0.1) is 18.6 Å². The van der Waals surface area contributed by atoms with Gasteiger partial charge in [0.2, 0.25) is 5.91 Å². The van der Waals surface area contributed by atoms with Gasteiger partial charge in [-0.2, -0.15) is 0 Å². The van der Waals surface area contributed by atoms with Gasteiger partial charge in [0.25, 0.3) is 0 Å². The Balaban J connectivity index is 1.42. The Hall–Kier alpha value is -3.39. The molecule has 2 saturated heterocycles. The number of rotatable bonds is 8. The van der Waals surface area contributed by atoms with E-state index in [1.165, 1.54) is 4.90 Å². The van der Waals surface area contributed by atoms with Gasteiger partial charge in [0.1, 0.15) is 12.2 Å². The lowest BCUT2D eigenvalue weighted by Gasteiger charge is -2.54. The molecule has 2 aromatic carbocycles. The predicted octanol–water partition coefficient (Wildman–Crippen LogP) is 4.17. The molecule has 1 spiro atoms. The summed E-state index contributed by atoms with van der Waals surface area (Å²) >= 11 is 0. The van der Waals surface area contributed by atoms with E-state index in [0.717, 1.165) is 11.1 Å². The fourth-order valence-corrected chi connectivity index (χ4v) is 4.82. The zero-order chi connectivity index (χ0) is 26.5. The summed E-state index contributed by atoms with van der Waals surface area (Å²) in [6.45, 7) is 7.13. The summed E-state index contributed by atoms with van der Waals surface area (Å²) in [4.78, 5) is 42.5. The van der Waals surface area contributed by atoms with Crippen LogP contribution in [-0.2, 0) is 37.0 Å². The average Bonchev–Trinajstić information content (AvgIpc) is 2.89. The number of hydrogen-bond donors (Lipinski definition) is 0. The molecule has 198 valence electrons. The smallest absolute Gasteiger partial charge is 0.410 e. The summed E-state index contributed by atoms with van der Waals surface area (Å²) < 4.78 is 17.0. The fraction of sp³-hybridized carbons (Fsp3) is 0.483. The Morgan fingerprint density at radius 1 is 0.946 bits per heavy atom. The van der Waals surface area contributed by atoms with E-state index >= 15 is 0 Å². The van der Waals surface area contributed by atoms with Crippen molar-refractivity contribution in [1.82, 2.24) is 9.80 Å². The first-order valence-electron chi connectivity index (χ1n) is 12.8. The first-order valence-corrected chi connectivity index (χ1v) is 12.8. The SMILES string of the molecule is CC(C)(C)OC(=O)N1CCCC2(C1)CN([C@@H](COCc1ccccc1)C(=O)OCc1ccccc1)C2=O. The van der Waals surface area contributed by atoms with Crippen molar-refractivity contribution in [3.8, 4) is 0 Å². The van der Waals surface area contributed by atoms with Crippen LogP contribution >= 0.6 is 0 Å². The molecule has 0 aromatic heterocycles. The van der Waals surface area contributed by atoms with Crippen LogP contribution in [0.1, 0.15) is 44.7 Å². The predicted molar refractivity (Wildman–Crippen MR) is 137 cm³/mol. The van der Waals surface area contributed by atoms with Crippen molar-refractivity contribution in [1.29, 1.82) is 0 Å². The number of ether oxygens (including phenoxy) is 3. The second-order valence-corrected chi connectivity index (χ2v) is 10.8. The summed E-state index contributed by atoms with van der Waals surface area (Å²) in [5, 5.41) is 0. The molecule has 2 amide bonds. The zero-order valence-corrected chi connectivity index (χ0v) is 21.9. The molecule has 0 aliphatic carbocycles. The average molecular weight is 509 g/mol. The van der Waals surface area contributed by atoms with E-state index in [1.54, 1.807) is 4.90 Å². The number of nitrogens with zero attached hydrogens (tertiary/aromatic N) is 2. The number of carbonyl (C=O) groups is 3. The standard InChI is InChI=1S/C29H36N2O6/c1-28(2,3)37-27(34)30-16-10-15-29(20-30)21-31(26(29)33)24(19-35-17-22-11-6-4-7-12-22)25(32)36-18-23-13-8-5-9-14-23/h4-9,11-14,24H,10,15-21H2,1-3H3/t24-,29?/m0/s1. The maximum atomic E-state index is 13.5. The highest BCUT2D eigenvalue weighted by Crippen LogP contribution is 2.42. The van der Waals surface area contributed by atoms with Crippen LogP contribution in [0.5, 0.6) is 0 Å². The van der Waals surface area contributed by atoms with E-state index in [1.807, 2.05) is 81.4 Å². The molecule has 2 aliphatic rings. The Bertz CT molecular complexity index is 1080. The fourth-order valence-electron chi connectivity index (χ4n) is 4.82. The van der Waals surface area contributed by atoms with E-state index in [9.17, 15) is 14.4 Å². The number of esters is 1. The number of hydrogen-bond acceptors (Lipinski definition) is 6. The highest BCUT2D eigenvalue weighted by atomic mass is 16.6. The van der Waals surface area contributed by atoms with Crippen molar-refractivity contribution < 1.29 is 28.6 Å².